The van der Waals surface area contributed by atoms with Crippen LogP contribution in [0.25, 0.3) is 20.2 Å². The zero-order valence-electron chi connectivity index (χ0n) is 26.6. The predicted octanol–water partition coefficient (Wildman–Crippen LogP) is 7.63. The highest BCUT2D eigenvalue weighted by molar-refractivity contribution is 7.21. The van der Waals surface area contributed by atoms with Crippen LogP contribution in [0.5, 0.6) is 23.0 Å². The number of halogens is 2. The van der Waals surface area contributed by atoms with Crippen molar-refractivity contribution >= 4 is 66.4 Å². The number of ketones is 2. The van der Waals surface area contributed by atoms with Crippen molar-refractivity contribution in [3.63, 3.8) is 0 Å². The normalized spacial score (nSPS) is 11.9. The molecule has 0 aliphatic rings. The van der Waals surface area contributed by atoms with Gasteiger partial charge < -0.3 is 29.2 Å². The summed E-state index contributed by atoms with van der Waals surface area (Å²) in [7, 11) is 2.68. The number of hydrogen-bond donors (Lipinski definition) is 2. The molecule has 10 nitrogen and oxygen atoms in total. The topological polar surface area (TPSA) is 146 Å². The van der Waals surface area contributed by atoms with Crippen LogP contribution >= 0.6 is 22.7 Å². The van der Waals surface area contributed by atoms with E-state index in [1.807, 2.05) is 0 Å². The fourth-order valence-electron chi connectivity index (χ4n) is 4.58. The van der Waals surface area contributed by atoms with E-state index in [9.17, 15) is 29.4 Å². The molecule has 2 aromatic carbocycles. The van der Waals surface area contributed by atoms with Crippen molar-refractivity contribution in [1.29, 1.82) is 0 Å². The molecule has 47 heavy (non-hydrogen) atoms. The monoisotopic (exact) mass is 692 g/mol. The molecule has 0 aliphatic carbocycles. The summed E-state index contributed by atoms with van der Waals surface area (Å²) in [5.74, 6) is -4.77. The molecule has 0 bridgehead atoms. The SMILES string of the molecule is COc1cc2sc(C(=O)CC(C)(C)C(=O)O)cc2c(F)c1OCCCOc1c(OC)cc2sc(C(=O)CC(C)(C)C(=O)O)cc2c1F. The van der Waals surface area contributed by atoms with E-state index >= 15 is 8.78 Å². The summed E-state index contributed by atoms with van der Waals surface area (Å²) in [4.78, 5) is 48.9. The standard InChI is InChI=1S/C33H34F2O10S2/c1-32(2,30(38)39)14-18(36)24-10-16-22(46-24)12-20(42-5)28(26(16)34)44-8-7-9-45-29-21(43-6)13-23-17(27(29)35)11-25(47-23)19(37)15-33(3,4)31(40)41/h10-13H,7-9,14-15H2,1-6H3,(H,38,39)(H,40,41). The molecule has 252 valence electrons. The summed E-state index contributed by atoms with van der Waals surface area (Å²) >= 11 is 2.05. The molecule has 0 amide bonds. The Bertz CT molecular complexity index is 1740. The van der Waals surface area contributed by atoms with Gasteiger partial charge in [0.15, 0.2) is 46.2 Å². The lowest BCUT2D eigenvalue weighted by Crippen LogP contribution is -2.26. The molecule has 0 saturated carbocycles. The Hall–Kier alpha value is -4.30. The summed E-state index contributed by atoms with van der Waals surface area (Å²) < 4.78 is 54.0. The van der Waals surface area contributed by atoms with Crippen LogP contribution in [-0.2, 0) is 9.59 Å². The quantitative estimate of drug-likeness (QED) is 0.0888. The minimum Gasteiger partial charge on any atom is -0.493 e. The third kappa shape index (κ3) is 7.49. The van der Waals surface area contributed by atoms with Gasteiger partial charge in [0, 0.05) is 51.6 Å². The predicted molar refractivity (Wildman–Crippen MR) is 173 cm³/mol. The summed E-state index contributed by atoms with van der Waals surface area (Å²) in [5.41, 5.74) is -2.57. The molecule has 0 unspecified atom stereocenters. The smallest absolute Gasteiger partial charge is 0.309 e. The number of rotatable bonds is 16. The number of hydrogen-bond acceptors (Lipinski definition) is 10. The maximum Gasteiger partial charge on any atom is 0.309 e. The van der Waals surface area contributed by atoms with E-state index in [0.717, 1.165) is 22.7 Å². The Labute approximate surface area is 276 Å². The molecule has 0 atom stereocenters. The Morgan fingerprint density at radius 2 is 1.04 bits per heavy atom. The van der Waals surface area contributed by atoms with E-state index < -0.39 is 46.0 Å². The maximum atomic E-state index is 15.6. The zero-order chi connectivity index (χ0) is 34.8. The van der Waals surface area contributed by atoms with Crippen LogP contribution in [0.3, 0.4) is 0 Å². The van der Waals surface area contributed by atoms with Crippen molar-refractivity contribution in [2.24, 2.45) is 10.8 Å². The summed E-state index contributed by atoms with van der Waals surface area (Å²) in [6.45, 7) is 5.66. The van der Waals surface area contributed by atoms with Gasteiger partial charge in [-0.1, -0.05) is 0 Å². The third-order valence-electron chi connectivity index (χ3n) is 7.50. The van der Waals surface area contributed by atoms with Gasteiger partial charge in [-0.05, 0) is 39.8 Å². The van der Waals surface area contributed by atoms with E-state index in [2.05, 4.69) is 0 Å². The van der Waals surface area contributed by atoms with Gasteiger partial charge in [0.2, 0.25) is 0 Å². The average molecular weight is 693 g/mol. The highest BCUT2D eigenvalue weighted by Gasteiger charge is 2.33. The minimum absolute atomic E-state index is 0.0514. The summed E-state index contributed by atoms with van der Waals surface area (Å²) in [5, 5.41) is 19.0. The van der Waals surface area contributed by atoms with Gasteiger partial charge in [-0.3, -0.25) is 19.2 Å². The van der Waals surface area contributed by atoms with E-state index in [-0.39, 0.29) is 76.0 Å². The van der Waals surface area contributed by atoms with Crippen LogP contribution in [0.4, 0.5) is 8.78 Å². The number of ether oxygens (including phenoxy) is 4. The minimum atomic E-state index is -1.29. The fourth-order valence-corrected chi connectivity index (χ4v) is 6.63. The van der Waals surface area contributed by atoms with Crippen LogP contribution in [0.15, 0.2) is 24.3 Å². The summed E-state index contributed by atoms with van der Waals surface area (Å²) in [6, 6.07) is 5.80. The average Bonchev–Trinajstić information content (AvgIpc) is 3.63. The number of aliphatic carboxylic acids is 2. The second-order valence-corrected chi connectivity index (χ2v) is 14.3. The molecule has 0 saturated heterocycles. The number of carbonyl (C=O) groups excluding carboxylic acids is 2. The molecule has 4 rings (SSSR count). The number of benzene rings is 2. The van der Waals surface area contributed by atoms with Crippen LogP contribution < -0.4 is 18.9 Å². The van der Waals surface area contributed by atoms with Crippen LogP contribution in [0.1, 0.15) is 66.3 Å². The summed E-state index contributed by atoms with van der Waals surface area (Å²) in [6.07, 6.45) is -0.324. The number of thiophene rings is 2. The largest absolute Gasteiger partial charge is 0.493 e. The first-order chi connectivity index (χ1) is 22.0. The molecular formula is C33H34F2O10S2. The van der Waals surface area contributed by atoms with Gasteiger partial charge in [-0.2, -0.15) is 0 Å². The van der Waals surface area contributed by atoms with Gasteiger partial charge in [0.1, 0.15) is 0 Å². The molecule has 2 aromatic heterocycles. The highest BCUT2D eigenvalue weighted by Crippen LogP contribution is 2.42. The number of carbonyl (C=O) groups is 4. The second kappa shape index (κ2) is 13.8. The number of fused-ring (bicyclic) bond motifs is 2. The number of carboxylic acids is 2. The van der Waals surface area contributed by atoms with Crippen molar-refractivity contribution in [2.45, 2.75) is 47.0 Å². The molecule has 14 heteroatoms. The lowest BCUT2D eigenvalue weighted by Gasteiger charge is -2.16. The molecule has 0 spiro atoms. The van der Waals surface area contributed by atoms with Gasteiger partial charge in [-0.25, -0.2) is 8.78 Å². The van der Waals surface area contributed by atoms with Crippen LogP contribution in [0, 0.1) is 22.5 Å². The van der Waals surface area contributed by atoms with Gasteiger partial charge in [0.05, 0.1) is 48.0 Å². The first-order valence-corrected chi connectivity index (χ1v) is 16.0. The fraction of sp³-hybridized carbons (Fsp3) is 0.394. The van der Waals surface area contributed by atoms with E-state index in [1.165, 1.54) is 66.2 Å². The van der Waals surface area contributed by atoms with Gasteiger partial charge in [-0.15, -0.1) is 22.7 Å². The number of methoxy groups -OCH3 is 2. The van der Waals surface area contributed by atoms with Crippen molar-refractivity contribution in [1.82, 2.24) is 0 Å². The van der Waals surface area contributed by atoms with Crippen molar-refractivity contribution in [2.75, 3.05) is 27.4 Å². The zero-order valence-corrected chi connectivity index (χ0v) is 28.2. The molecule has 2 heterocycles. The first-order valence-electron chi connectivity index (χ1n) is 14.4. The molecule has 2 N–H and O–H groups in total. The van der Waals surface area contributed by atoms with E-state index in [4.69, 9.17) is 18.9 Å². The Balaban J connectivity index is 1.46. The van der Waals surface area contributed by atoms with Gasteiger partial charge >= 0.3 is 11.9 Å². The van der Waals surface area contributed by atoms with E-state index in [1.54, 1.807) is 0 Å². The second-order valence-electron chi connectivity index (χ2n) is 12.1. The molecule has 0 radical (unpaired) electrons. The Kier molecular flexibility index (Phi) is 10.5. The first kappa shape index (κ1) is 35.6. The van der Waals surface area contributed by atoms with Crippen molar-refractivity contribution < 1.29 is 57.1 Å². The lowest BCUT2D eigenvalue weighted by molar-refractivity contribution is -0.147. The lowest BCUT2D eigenvalue weighted by atomic mass is 9.87. The van der Waals surface area contributed by atoms with E-state index in [0.29, 0.717) is 9.40 Å². The van der Waals surface area contributed by atoms with Crippen molar-refractivity contribution in [3.05, 3.63) is 45.7 Å². The number of carboxylic acid groups (broad SMARTS) is 2. The molecular weight excluding hydrogens is 658 g/mol. The highest BCUT2D eigenvalue weighted by atomic mass is 32.1. The van der Waals surface area contributed by atoms with Crippen LogP contribution in [-0.4, -0.2) is 61.2 Å². The number of Topliss-reactive ketones (excluding diaryl/α,β-unsaturated/α-hetero) is 2. The van der Waals surface area contributed by atoms with Crippen molar-refractivity contribution in [3.8, 4) is 23.0 Å². The Morgan fingerprint density at radius 1 is 0.681 bits per heavy atom. The maximum absolute atomic E-state index is 15.6. The molecule has 0 aliphatic heterocycles. The third-order valence-corrected chi connectivity index (χ3v) is 9.75. The molecule has 0 fully saturated rings. The van der Waals surface area contributed by atoms with Crippen LogP contribution in [0.2, 0.25) is 0 Å². The molecule has 4 aromatic rings. The Morgan fingerprint density at radius 3 is 1.36 bits per heavy atom. The van der Waals surface area contributed by atoms with Gasteiger partial charge in [0.25, 0.3) is 0 Å².